The maximum Gasteiger partial charge on any atom is 0.257 e. The summed E-state index contributed by atoms with van der Waals surface area (Å²) in [5, 5.41) is 0. The molecule has 0 N–H and O–H groups in total. The second kappa shape index (κ2) is 4.43. The first-order valence-electron chi connectivity index (χ1n) is 6.68. The predicted octanol–water partition coefficient (Wildman–Crippen LogP) is 2.37. The van der Waals surface area contributed by atoms with Gasteiger partial charge in [-0.15, -0.1) is 0 Å². The quantitative estimate of drug-likeness (QED) is 0.767. The minimum atomic E-state index is -0.0639. The fourth-order valence-electron chi connectivity index (χ4n) is 3.12. The molecule has 0 atom stereocenters. The first kappa shape index (κ1) is 11.8. The van der Waals surface area contributed by atoms with Crippen molar-refractivity contribution in [2.75, 3.05) is 19.7 Å². The van der Waals surface area contributed by atoms with Gasteiger partial charge in [0.25, 0.3) is 5.91 Å². The van der Waals surface area contributed by atoms with E-state index < -0.39 is 0 Å². The summed E-state index contributed by atoms with van der Waals surface area (Å²) < 4.78 is 11.2. The van der Waals surface area contributed by atoms with Gasteiger partial charge in [-0.1, -0.05) is 12.8 Å². The molecule has 2 fully saturated rings. The molecule has 1 aliphatic heterocycles. The third kappa shape index (κ3) is 1.94. The minimum Gasteiger partial charge on any atom is -0.469 e. The lowest BCUT2D eigenvalue weighted by molar-refractivity contribution is -0.0948. The van der Waals surface area contributed by atoms with Gasteiger partial charge in [0.05, 0.1) is 30.6 Å². The average Bonchev–Trinajstić information content (AvgIpc) is 2.98. The normalized spacial score (nSPS) is 22.6. The zero-order chi connectivity index (χ0) is 12.6. The smallest absolute Gasteiger partial charge is 0.257 e. The van der Waals surface area contributed by atoms with Gasteiger partial charge in [0, 0.05) is 6.54 Å². The molecule has 2 heterocycles. The van der Waals surface area contributed by atoms with Crippen molar-refractivity contribution in [2.24, 2.45) is 0 Å². The van der Waals surface area contributed by atoms with E-state index in [9.17, 15) is 4.79 Å². The molecule has 1 saturated heterocycles. The summed E-state index contributed by atoms with van der Waals surface area (Å²) in [6, 6.07) is 1.76. The Labute approximate surface area is 107 Å². The fraction of sp³-hybridized carbons (Fsp3) is 0.643. The maximum atomic E-state index is 12.4. The Morgan fingerprint density at radius 3 is 2.83 bits per heavy atom. The summed E-state index contributed by atoms with van der Waals surface area (Å²) >= 11 is 0. The van der Waals surface area contributed by atoms with Crippen LogP contribution in [0.5, 0.6) is 0 Å². The number of ether oxygens (including phenoxy) is 1. The molecule has 4 nitrogen and oxygen atoms in total. The van der Waals surface area contributed by atoms with Crippen LogP contribution in [0.3, 0.4) is 0 Å². The van der Waals surface area contributed by atoms with E-state index >= 15 is 0 Å². The fourth-order valence-corrected chi connectivity index (χ4v) is 3.12. The predicted molar refractivity (Wildman–Crippen MR) is 66.5 cm³/mol. The molecule has 4 heteroatoms. The molecule has 1 saturated carbocycles. The number of furan rings is 1. The largest absolute Gasteiger partial charge is 0.469 e. The van der Waals surface area contributed by atoms with Crippen molar-refractivity contribution < 1.29 is 13.9 Å². The van der Waals surface area contributed by atoms with Crippen LogP contribution in [0.4, 0.5) is 0 Å². The average molecular weight is 249 g/mol. The molecule has 3 rings (SSSR count). The molecule has 0 radical (unpaired) electrons. The van der Waals surface area contributed by atoms with Crippen molar-refractivity contribution in [3.05, 3.63) is 23.7 Å². The van der Waals surface area contributed by atoms with Crippen molar-refractivity contribution in [3.63, 3.8) is 0 Å². The van der Waals surface area contributed by atoms with Gasteiger partial charge < -0.3 is 14.1 Å². The van der Waals surface area contributed by atoms with Crippen LogP contribution < -0.4 is 0 Å². The number of nitrogens with zero attached hydrogens (tertiary/aromatic N) is 1. The van der Waals surface area contributed by atoms with Crippen molar-refractivity contribution in [3.8, 4) is 0 Å². The molecule has 1 amide bonds. The van der Waals surface area contributed by atoms with E-state index in [0.29, 0.717) is 24.5 Å². The lowest BCUT2D eigenvalue weighted by atomic mass is 9.99. The van der Waals surface area contributed by atoms with Crippen molar-refractivity contribution >= 4 is 5.91 Å². The van der Waals surface area contributed by atoms with E-state index in [0.717, 1.165) is 19.4 Å². The minimum absolute atomic E-state index is 0.0639. The van der Waals surface area contributed by atoms with E-state index in [1.807, 2.05) is 11.8 Å². The summed E-state index contributed by atoms with van der Waals surface area (Å²) in [6.07, 6.45) is 6.18. The van der Waals surface area contributed by atoms with Crippen LogP contribution in [0.25, 0.3) is 0 Å². The van der Waals surface area contributed by atoms with Crippen LogP contribution >= 0.6 is 0 Å². The Bertz CT molecular complexity index is 446. The van der Waals surface area contributed by atoms with Crippen LogP contribution in [0.2, 0.25) is 0 Å². The van der Waals surface area contributed by atoms with Gasteiger partial charge in [0.15, 0.2) is 0 Å². The molecule has 0 bridgehead atoms. The number of carbonyl (C=O) groups is 1. The number of aryl methyl sites for hydroxylation is 1. The van der Waals surface area contributed by atoms with Crippen LogP contribution in [0.15, 0.2) is 16.7 Å². The van der Waals surface area contributed by atoms with E-state index in [4.69, 9.17) is 9.15 Å². The third-order valence-electron chi connectivity index (χ3n) is 4.14. The molecular weight excluding hydrogens is 230 g/mol. The molecule has 2 aliphatic rings. The van der Waals surface area contributed by atoms with Crippen molar-refractivity contribution in [1.29, 1.82) is 0 Å². The SMILES string of the molecule is Cc1occc1C(=O)N1CCOC2(CCCC2)C1. The summed E-state index contributed by atoms with van der Waals surface area (Å²) in [5.74, 6) is 0.780. The van der Waals surface area contributed by atoms with Crippen LogP contribution in [-0.4, -0.2) is 36.1 Å². The van der Waals surface area contributed by atoms with Gasteiger partial charge in [-0.2, -0.15) is 0 Å². The van der Waals surface area contributed by atoms with Gasteiger partial charge in [-0.3, -0.25) is 4.79 Å². The van der Waals surface area contributed by atoms with Crippen molar-refractivity contribution in [2.45, 2.75) is 38.2 Å². The van der Waals surface area contributed by atoms with E-state index in [2.05, 4.69) is 0 Å². The highest BCUT2D eigenvalue weighted by Gasteiger charge is 2.40. The monoisotopic (exact) mass is 249 g/mol. The number of hydrogen-bond donors (Lipinski definition) is 0. The summed E-state index contributed by atoms with van der Waals surface area (Å²) in [6.45, 7) is 3.91. The number of morpholine rings is 1. The van der Waals surface area contributed by atoms with Crippen LogP contribution in [0.1, 0.15) is 41.8 Å². The molecule has 1 spiro atoms. The summed E-state index contributed by atoms with van der Waals surface area (Å²) in [5.41, 5.74) is 0.621. The number of hydrogen-bond acceptors (Lipinski definition) is 3. The molecule has 1 aromatic rings. The maximum absolute atomic E-state index is 12.4. The van der Waals surface area contributed by atoms with Crippen LogP contribution in [-0.2, 0) is 4.74 Å². The second-order valence-corrected chi connectivity index (χ2v) is 5.36. The van der Waals surface area contributed by atoms with Crippen LogP contribution in [0, 0.1) is 6.92 Å². The Morgan fingerprint density at radius 1 is 1.39 bits per heavy atom. The number of carbonyl (C=O) groups excluding carboxylic acids is 1. The van der Waals surface area contributed by atoms with Crippen molar-refractivity contribution in [1.82, 2.24) is 4.90 Å². The molecule has 1 aliphatic carbocycles. The summed E-state index contributed by atoms with van der Waals surface area (Å²) in [7, 11) is 0. The van der Waals surface area contributed by atoms with Gasteiger partial charge in [-0.25, -0.2) is 0 Å². The topological polar surface area (TPSA) is 42.7 Å². The molecule has 0 aromatic carbocycles. The molecule has 1 aromatic heterocycles. The number of amides is 1. The van der Waals surface area contributed by atoms with Gasteiger partial charge in [-0.05, 0) is 25.8 Å². The molecular formula is C14H19NO3. The third-order valence-corrected chi connectivity index (χ3v) is 4.14. The zero-order valence-corrected chi connectivity index (χ0v) is 10.8. The highest BCUT2D eigenvalue weighted by molar-refractivity contribution is 5.95. The Hall–Kier alpha value is -1.29. The lowest BCUT2D eigenvalue weighted by Gasteiger charge is -2.40. The standard InChI is InChI=1S/C14H19NO3/c1-11-12(4-8-17-11)13(16)15-7-9-18-14(10-15)5-2-3-6-14/h4,8H,2-3,5-7,9-10H2,1H3. The number of rotatable bonds is 1. The summed E-state index contributed by atoms with van der Waals surface area (Å²) in [4.78, 5) is 14.4. The van der Waals surface area contributed by atoms with E-state index in [-0.39, 0.29) is 11.5 Å². The van der Waals surface area contributed by atoms with Gasteiger partial charge in [0.2, 0.25) is 0 Å². The first-order chi connectivity index (χ1) is 8.70. The highest BCUT2D eigenvalue weighted by Crippen LogP contribution is 2.36. The Kier molecular flexibility index (Phi) is 2.90. The Balaban J connectivity index is 1.76. The van der Waals surface area contributed by atoms with Gasteiger partial charge >= 0.3 is 0 Å². The molecule has 0 unspecified atom stereocenters. The Morgan fingerprint density at radius 2 is 2.17 bits per heavy atom. The van der Waals surface area contributed by atoms with E-state index in [1.165, 1.54) is 12.8 Å². The first-order valence-corrected chi connectivity index (χ1v) is 6.68. The molecule has 18 heavy (non-hydrogen) atoms. The zero-order valence-electron chi connectivity index (χ0n) is 10.8. The second-order valence-electron chi connectivity index (χ2n) is 5.36. The van der Waals surface area contributed by atoms with E-state index in [1.54, 1.807) is 12.3 Å². The lowest BCUT2D eigenvalue weighted by Crippen LogP contribution is -2.52. The molecule has 98 valence electrons. The highest BCUT2D eigenvalue weighted by atomic mass is 16.5. The van der Waals surface area contributed by atoms with Gasteiger partial charge in [0.1, 0.15) is 5.76 Å².